The van der Waals surface area contributed by atoms with E-state index in [1.807, 2.05) is 73.3 Å². The molecular weight excluding hydrogens is 348 g/mol. The Balaban J connectivity index is 1.62. The fourth-order valence-corrected chi connectivity index (χ4v) is 4.09. The molecule has 4 heteroatoms. The third-order valence-electron chi connectivity index (χ3n) is 5.82. The van der Waals surface area contributed by atoms with Gasteiger partial charge in [0.25, 0.3) is 0 Å². The minimum atomic E-state index is -0.669. The molecule has 1 fully saturated rings. The first kappa shape index (κ1) is 20.2. The summed E-state index contributed by atoms with van der Waals surface area (Å²) in [4.78, 5) is 1.82. The van der Waals surface area contributed by atoms with Gasteiger partial charge < -0.3 is 14.7 Å². The molecule has 0 aliphatic heterocycles. The summed E-state index contributed by atoms with van der Waals surface area (Å²) in [5.74, 6) is 2.43. The summed E-state index contributed by atoms with van der Waals surface area (Å²) in [6, 6.07) is 17.6. The molecule has 0 saturated heterocycles. The van der Waals surface area contributed by atoms with Gasteiger partial charge in [0.15, 0.2) is 6.19 Å². The first-order chi connectivity index (χ1) is 13.2. The number of aliphatic hydroxyl groups is 1. The van der Waals surface area contributed by atoms with E-state index in [0.717, 1.165) is 23.5 Å². The number of hydrogen-bond acceptors (Lipinski definition) is 4. The summed E-state index contributed by atoms with van der Waals surface area (Å²) in [7, 11) is 0. The summed E-state index contributed by atoms with van der Waals surface area (Å²) >= 11 is 0. The van der Waals surface area contributed by atoms with Crippen LogP contribution < -0.4 is 4.74 Å². The van der Waals surface area contributed by atoms with E-state index in [1.165, 1.54) is 0 Å². The Bertz CT molecular complexity index is 834. The Morgan fingerprint density at radius 3 is 2.39 bits per heavy atom. The van der Waals surface area contributed by atoms with Crippen LogP contribution >= 0.6 is 0 Å². The highest BCUT2D eigenvalue weighted by Crippen LogP contribution is 2.61. The molecule has 4 nitrogen and oxygen atoms in total. The van der Waals surface area contributed by atoms with Gasteiger partial charge in [-0.05, 0) is 67.3 Å². The van der Waals surface area contributed by atoms with Crippen molar-refractivity contribution in [3.63, 3.8) is 0 Å². The van der Waals surface area contributed by atoms with E-state index in [9.17, 15) is 10.4 Å². The average Bonchev–Trinajstić information content (AvgIpc) is 3.12. The third-order valence-corrected chi connectivity index (χ3v) is 5.82. The first-order valence-electron chi connectivity index (χ1n) is 9.88. The number of hydrogen-bond donors (Lipinski definition) is 1. The Hall–Kier alpha value is -2.51. The highest BCUT2D eigenvalue weighted by atomic mass is 16.5. The van der Waals surface area contributed by atoms with Crippen molar-refractivity contribution < 1.29 is 9.84 Å². The van der Waals surface area contributed by atoms with E-state index in [1.54, 1.807) is 0 Å². The van der Waals surface area contributed by atoms with Crippen LogP contribution in [-0.4, -0.2) is 22.2 Å². The zero-order valence-electron chi connectivity index (χ0n) is 17.2. The molecule has 0 heterocycles. The highest BCUT2D eigenvalue weighted by molar-refractivity contribution is 5.34. The number of rotatable bonds is 8. The molecule has 1 N–H and O–H groups in total. The maximum atomic E-state index is 10.2. The van der Waals surface area contributed by atoms with Crippen LogP contribution in [0.4, 0.5) is 0 Å². The van der Waals surface area contributed by atoms with Gasteiger partial charge in [0.2, 0.25) is 0 Å². The number of nitriles is 1. The van der Waals surface area contributed by atoms with E-state index >= 15 is 0 Å². The number of ether oxygens (including phenoxy) is 1. The average molecular weight is 379 g/mol. The summed E-state index contributed by atoms with van der Waals surface area (Å²) < 4.78 is 5.90. The van der Waals surface area contributed by atoms with Gasteiger partial charge in [-0.2, -0.15) is 5.26 Å². The van der Waals surface area contributed by atoms with Crippen molar-refractivity contribution >= 4 is 0 Å². The van der Waals surface area contributed by atoms with Crippen molar-refractivity contribution in [1.29, 1.82) is 5.26 Å². The summed E-state index contributed by atoms with van der Waals surface area (Å²) in [5, 5.41) is 19.8. The fourth-order valence-electron chi connectivity index (χ4n) is 4.09. The summed E-state index contributed by atoms with van der Waals surface area (Å²) in [5.41, 5.74) is 0.539. The van der Waals surface area contributed by atoms with Crippen LogP contribution in [0.5, 0.6) is 11.5 Å². The molecule has 0 bridgehead atoms. The molecule has 2 atom stereocenters. The van der Waals surface area contributed by atoms with Gasteiger partial charge in [-0.15, -0.1) is 0 Å². The van der Waals surface area contributed by atoms with Crippen molar-refractivity contribution in [2.45, 2.75) is 46.3 Å². The Morgan fingerprint density at radius 2 is 1.75 bits per heavy atom. The summed E-state index contributed by atoms with van der Waals surface area (Å²) in [6.07, 6.45) is 3.11. The minimum Gasteiger partial charge on any atom is -0.457 e. The van der Waals surface area contributed by atoms with Crippen LogP contribution in [0.25, 0.3) is 0 Å². The van der Waals surface area contributed by atoms with Gasteiger partial charge in [0, 0.05) is 6.54 Å². The quantitative estimate of drug-likeness (QED) is 0.507. The lowest BCUT2D eigenvalue weighted by molar-refractivity contribution is 0.0599. The van der Waals surface area contributed by atoms with Gasteiger partial charge >= 0.3 is 0 Å². The van der Waals surface area contributed by atoms with Crippen molar-refractivity contribution in [1.82, 2.24) is 4.90 Å². The standard InChI is InChI=1S/C24H30N2O2/c1-23(2,27)14-21-22(24(21,3)4)16-26(17-25)15-18-9-8-12-20(13-18)28-19-10-6-5-7-11-19/h5-13,21-22,27H,14-16H2,1-4H3/t21-,22+/m0/s1. The number of nitrogens with zero attached hydrogens (tertiary/aromatic N) is 2. The highest BCUT2D eigenvalue weighted by Gasteiger charge is 2.58. The van der Waals surface area contributed by atoms with Crippen LogP contribution in [0.15, 0.2) is 54.6 Å². The molecule has 1 aliphatic carbocycles. The van der Waals surface area contributed by atoms with Crippen molar-refractivity contribution in [2.75, 3.05) is 6.54 Å². The van der Waals surface area contributed by atoms with Crippen LogP contribution in [0.2, 0.25) is 0 Å². The fraction of sp³-hybridized carbons (Fsp3) is 0.458. The van der Waals surface area contributed by atoms with Crippen molar-refractivity contribution in [3.8, 4) is 17.7 Å². The van der Waals surface area contributed by atoms with Gasteiger partial charge in [0.05, 0.1) is 12.1 Å². The maximum absolute atomic E-state index is 10.2. The Labute approximate surface area is 168 Å². The largest absolute Gasteiger partial charge is 0.457 e. The molecule has 0 aromatic heterocycles. The van der Waals surface area contributed by atoms with Gasteiger partial charge in [-0.25, -0.2) is 0 Å². The summed E-state index contributed by atoms with van der Waals surface area (Å²) in [6.45, 7) is 9.46. The van der Waals surface area contributed by atoms with Crippen molar-refractivity contribution in [2.24, 2.45) is 17.3 Å². The monoisotopic (exact) mass is 378 g/mol. The number of benzene rings is 2. The van der Waals surface area contributed by atoms with Crippen LogP contribution in [0.3, 0.4) is 0 Å². The van der Waals surface area contributed by atoms with Gasteiger partial charge in [-0.1, -0.05) is 44.2 Å². The molecule has 148 valence electrons. The molecule has 0 radical (unpaired) electrons. The normalized spacial score (nSPS) is 20.3. The first-order valence-corrected chi connectivity index (χ1v) is 9.88. The smallest absolute Gasteiger partial charge is 0.179 e. The number of para-hydroxylation sites is 1. The van der Waals surface area contributed by atoms with Gasteiger partial charge in [0.1, 0.15) is 11.5 Å². The molecule has 0 amide bonds. The van der Waals surface area contributed by atoms with E-state index in [4.69, 9.17) is 4.74 Å². The Kier molecular flexibility index (Phi) is 5.67. The second-order valence-corrected chi connectivity index (χ2v) is 9.09. The van der Waals surface area contributed by atoms with E-state index in [-0.39, 0.29) is 5.41 Å². The van der Waals surface area contributed by atoms with Crippen LogP contribution in [-0.2, 0) is 6.54 Å². The molecule has 2 aromatic carbocycles. The molecule has 0 unspecified atom stereocenters. The topological polar surface area (TPSA) is 56.5 Å². The lowest BCUT2D eigenvalue weighted by atomic mass is 9.97. The van der Waals surface area contributed by atoms with Crippen molar-refractivity contribution in [3.05, 3.63) is 60.2 Å². The zero-order chi connectivity index (χ0) is 20.4. The lowest BCUT2D eigenvalue weighted by Gasteiger charge is -2.19. The second-order valence-electron chi connectivity index (χ2n) is 9.09. The molecular formula is C24H30N2O2. The van der Waals surface area contributed by atoms with E-state index in [0.29, 0.717) is 24.9 Å². The van der Waals surface area contributed by atoms with Crippen LogP contribution in [0.1, 0.15) is 39.7 Å². The lowest BCUT2D eigenvalue weighted by Crippen LogP contribution is -2.23. The SMILES string of the molecule is CC(C)(O)C[C@H]1[C@@H](CN(C#N)Cc2cccc(Oc3ccccc3)c2)C1(C)C. The Morgan fingerprint density at radius 1 is 1.07 bits per heavy atom. The van der Waals surface area contributed by atoms with E-state index < -0.39 is 5.60 Å². The zero-order valence-corrected chi connectivity index (χ0v) is 17.2. The molecule has 28 heavy (non-hydrogen) atoms. The molecule has 3 rings (SSSR count). The maximum Gasteiger partial charge on any atom is 0.179 e. The third kappa shape index (κ3) is 5.05. The molecule has 1 aliphatic rings. The molecule has 1 saturated carbocycles. The van der Waals surface area contributed by atoms with Crippen LogP contribution in [0, 0.1) is 28.7 Å². The minimum absolute atomic E-state index is 0.160. The predicted octanol–water partition coefficient (Wildman–Crippen LogP) is 5.20. The van der Waals surface area contributed by atoms with Gasteiger partial charge in [-0.3, -0.25) is 0 Å². The predicted molar refractivity (Wildman–Crippen MR) is 111 cm³/mol. The van der Waals surface area contributed by atoms with E-state index in [2.05, 4.69) is 20.0 Å². The molecule has 0 spiro atoms. The second kappa shape index (κ2) is 7.85. The molecule has 2 aromatic rings.